The molecule has 4 aromatic rings. The van der Waals surface area contributed by atoms with Gasteiger partial charge in [-0.05, 0) is 96.8 Å². The van der Waals surface area contributed by atoms with Crippen LogP contribution in [0.15, 0.2) is 91.0 Å². The third-order valence-electron chi connectivity index (χ3n) is 7.68. The minimum Gasteiger partial charge on any atom is -0.497 e. The van der Waals surface area contributed by atoms with Gasteiger partial charge in [-0.3, -0.25) is 0 Å². The molecular weight excluding hydrogens is 510 g/mol. The highest BCUT2D eigenvalue weighted by Crippen LogP contribution is 2.29. The van der Waals surface area contributed by atoms with E-state index in [1.165, 1.54) is 42.8 Å². The van der Waals surface area contributed by atoms with E-state index in [1.54, 1.807) is 12.1 Å². The maximum Gasteiger partial charge on any atom is 0.339 e. The summed E-state index contributed by atoms with van der Waals surface area (Å²) in [7, 11) is 1.51. The number of anilines is 1. The van der Waals surface area contributed by atoms with Gasteiger partial charge in [-0.25, -0.2) is 4.79 Å². The molecule has 4 aromatic carbocycles. The van der Waals surface area contributed by atoms with E-state index < -0.39 is 5.97 Å². The predicted molar refractivity (Wildman–Crippen MR) is 167 cm³/mol. The number of hydrogen-bond acceptors (Lipinski definition) is 4. The van der Waals surface area contributed by atoms with Gasteiger partial charge >= 0.3 is 5.97 Å². The number of methoxy groups -OCH3 is 1. The van der Waals surface area contributed by atoms with Gasteiger partial charge in [0.15, 0.2) is 0 Å². The quantitative estimate of drug-likeness (QED) is 0.180. The van der Waals surface area contributed by atoms with Crippen LogP contribution in [0.25, 0.3) is 11.1 Å². The summed E-state index contributed by atoms with van der Waals surface area (Å²) in [5.41, 5.74) is 7.24. The van der Waals surface area contributed by atoms with Gasteiger partial charge in [0.25, 0.3) is 0 Å². The molecule has 0 spiro atoms. The summed E-state index contributed by atoms with van der Waals surface area (Å²) in [5, 5.41) is 9.53. The fraction of sp³-hybridized carbons (Fsp3) is 0.306. The predicted octanol–water partition coefficient (Wildman–Crippen LogP) is 8.96. The Morgan fingerprint density at radius 2 is 1.54 bits per heavy atom. The summed E-state index contributed by atoms with van der Waals surface area (Å²) in [6.07, 6.45) is 2.33. The van der Waals surface area contributed by atoms with Gasteiger partial charge in [0.2, 0.25) is 0 Å². The van der Waals surface area contributed by atoms with Crippen molar-refractivity contribution in [3.63, 3.8) is 0 Å². The van der Waals surface area contributed by atoms with E-state index in [0.717, 1.165) is 23.2 Å². The lowest BCUT2D eigenvalue weighted by atomic mass is 9.94. The number of carbonyl (C=O) groups is 1. The summed E-state index contributed by atoms with van der Waals surface area (Å²) in [5.74, 6) is 0.363. The number of carboxylic acids is 1. The number of benzene rings is 4. The molecule has 0 radical (unpaired) electrons. The molecular formula is C36H41NO4. The van der Waals surface area contributed by atoms with Crippen LogP contribution in [-0.2, 0) is 13.2 Å². The Labute approximate surface area is 244 Å². The molecule has 0 aromatic heterocycles. The standard InChI is InChI=1S/C36H41NO4/c1-6-28(7-2)29-15-17-32(18-16-29)37(25(3)4)23-27-9-8-10-31(21-27)30-13-11-26(12-14-30)24-41-35-20-19-33(40-5)22-34(35)36(38)39/h8-22,25,28H,6-7,23-24H2,1-5H3,(H,38,39). The smallest absolute Gasteiger partial charge is 0.339 e. The van der Waals surface area contributed by atoms with Gasteiger partial charge in [0, 0.05) is 18.3 Å². The highest BCUT2D eigenvalue weighted by Gasteiger charge is 2.15. The first-order valence-electron chi connectivity index (χ1n) is 14.4. The molecule has 0 unspecified atom stereocenters. The van der Waals surface area contributed by atoms with Gasteiger partial charge in [-0.2, -0.15) is 0 Å². The van der Waals surface area contributed by atoms with E-state index in [2.05, 4.69) is 93.3 Å². The zero-order valence-corrected chi connectivity index (χ0v) is 24.8. The number of nitrogens with zero attached hydrogens (tertiary/aromatic N) is 1. The maximum absolute atomic E-state index is 11.6. The van der Waals surface area contributed by atoms with Crippen LogP contribution in [0.4, 0.5) is 5.69 Å². The van der Waals surface area contributed by atoms with Crippen molar-refractivity contribution in [3.8, 4) is 22.6 Å². The van der Waals surface area contributed by atoms with Crippen molar-refractivity contribution in [2.24, 2.45) is 0 Å². The number of rotatable bonds is 13. The number of aromatic carboxylic acids is 1. The van der Waals surface area contributed by atoms with E-state index in [4.69, 9.17) is 9.47 Å². The van der Waals surface area contributed by atoms with Gasteiger partial charge in [-0.1, -0.05) is 68.4 Å². The Kier molecular flexibility index (Phi) is 10.1. The van der Waals surface area contributed by atoms with Crippen molar-refractivity contribution in [1.82, 2.24) is 0 Å². The SMILES string of the molecule is CCC(CC)c1ccc(N(Cc2cccc(-c3ccc(COc4ccc(OC)cc4C(=O)O)cc3)c2)C(C)C)cc1. The second kappa shape index (κ2) is 13.9. The van der Waals surface area contributed by atoms with Crippen LogP contribution in [0.3, 0.4) is 0 Å². The second-order valence-corrected chi connectivity index (χ2v) is 10.7. The number of hydrogen-bond donors (Lipinski definition) is 1. The molecule has 41 heavy (non-hydrogen) atoms. The zero-order valence-electron chi connectivity index (χ0n) is 24.8. The summed E-state index contributed by atoms with van der Waals surface area (Å²) in [4.78, 5) is 14.1. The first-order chi connectivity index (χ1) is 19.8. The Bertz CT molecular complexity index is 1420. The summed E-state index contributed by atoms with van der Waals surface area (Å²) < 4.78 is 11.0. The Hall–Kier alpha value is -4.25. The van der Waals surface area contributed by atoms with Crippen LogP contribution in [0.1, 0.15) is 73.5 Å². The molecule has 0 saturated heterocycles. The fourth-order valence-corrected chi connectivity index (χ4v) is 5.20. The fourth-order valence-electron chi connectivity index (χ4n) is 5.20. The van der Waals surface area contributed by atoms with Crippen molar-refractivity contribution < 1.29 is 19.4 Å². The van der Waals surface area contributed by atoms with E-state index >= 15 is 0 Å². The molecule has 0 heterocycles. The Morgan fingerprint density at radius 1 is 0.829 bits per heavy atom. The Morgan fingerprint density at radius 3 is 2.15 bits per heavy atom. The molecule has 0 atom stereocenters. The minimum absolute atomic E-state index is 0.0790. The van der Waals surface area contributed by atoms with Gasteiger partial charge in [-0.15, -0.1) is 0 Å². The maximum atomic E-state index is 11.6. The molecule has 5 heteroatoms. The third-order valence-corrected chi connectivity index (χ3v) is 7.68. The van der Waals surface area contributed by atoms with Crippen LogP contribution in [0, 0.1) is 0 Å². The lowest BCUT2D eigenvalue weighted by Crippen LogP contribution is -2.30. The highest BCUT2D eigenvalue weighted by molar-refractivity contribution is 5.91. The Balaban J connectivity index is 1.45. The molecule has 0 fully saturated rings. The molecule has 4 rings (SSSR count). The highest BCUT2D eigenvalue weighted by atomic mass is 16.5. The first-order valence-corrected chi connectivity index (χ1v) is 14.4. The van der Waals surface area contributed by atoms with Gasteiger partial charge in [0.1, 0.15) is 23.7 Å². The average molecular weight is 552 g/mol. The van der Waals surface area contributed by atoms with Crippen LogP contribution in [0.2, 0.25) is 0 Å². The molecule has 0 aliphatic heterocycles. The summed E-state index contributed by atoms with van der Waals surface area (Å²) in [6.45, 7) is 10.1. The average Bonchev–Trinajstić information content (AvgIpc) is 3.00. The molecule has 0 amide bonds. The molecule has 214 valence electrons. The van der Waals surface area contributed by atoms with Crippen LogP contribution < -0.4 is 14.4 Å². The normalized spacial score (nSPS) is 11.1. The monoisotopic (exact) mass is 551 g/mol. The molecule has 0 saturated carbocycles. The van der Waals surface area contributed by atoms with E-state index in [-0.39, 0.29) is 12.2 Å². The van der Waals surface area contributed by atoms with E-state index in [1.807, 2.05) is 12.1 Å². The van der Waals surface area contributed by atoms with Crippen molar-refractivity contribution in [1.29, 1.82) is 0 Å². The second-order valence-electron chi connectivity index (χ2n) is 10.7. The number of carboxylic acid groups (broad SMARTS) is 1. The summed E-state index contributed by atoms with van der Waals surface area (Å²) >= 11 is 0. The third kappa shape index (κ3) is 7.49. The molecule has 1 N–H and O–H groups in total. The van der Waals surface area contributed by atoms with Crippen molar-refractivity contribution in [2.45, 2.75) is 65.6 Å². The molecule has 5 nitrogen and oxygen atoms in total. The topological polar surface area (TPSA) is 59.0 Å². The van der Waals surface area contributed by atoms with Crippen LogP contribution in [-0.4, -0.2) is 24.2 Å². The van der Waals surface area contributed by atoms with Crippen molar-refractivity contribution >= 4 is 11.7 Å². The zero-order chi connectivity index (χ0) is 29.4. The lowest BCUT2D eigenvalue weighted by Gasteiger charge is -2.30. The molecule has 0 bridgehead atoms. The molecule has 0 aliphatic carbocycles. The molecule has 0 aliphatic rings. The van der Waals surface area contributed by atoms with Crippen molar-refractivity contribution in [2.75, 3.05) is 12.0 Å². The van der Waals surface area contributed by atoms with Gasteiger partial charge < -0.3 is 19.5 Å². The largest absolute Gasteiger partial charge is 0.497 e. The first kappa shape index (κ1) is 29.7. The van der Waals surface area contributed by atoms with E-state index in [0.29, 0.717) is 23.5 Å². The lowest BCUT2D eigenvalue weighted by molar-refractivity contribution is 0.0691. The number of ether oxygens (including phenoxy) is 2. The van der Waals surface area contributed by atoms with E-state index in [9.17, 15) is 9.90 Å². The minimum atomic E-state index is -1.05. The van der Waals surface area contributed by atoms with Crippen molar-refractivity contribution in [3.05, 3.63) is 113 Å². The summed E-state index contributed by atoms with van der Waals surface area (Å²) in [6, 6.07) is 31.2. The van der Waals surface area contributed by atoms with Crippen LogP contribution in [0.5, 0.6) is 11.5 Å². The van der Waals surface area contributed by atoms with Gasteiger partial charge in [0.05, 0.1) is 7.11 Å². The van der Waals surface area contributed by atoms with Crippen LogP contribution >= 0.6 is 0 Å².